The zero-order chi connectivity index (χ0) is 16.6. The second kappa shape index (κ2) is 6.35. The Morgan fingerprint density at radius 2 is 1.65 bits per heavy atom. The summed E-state index contributed by atoms with van der Waals surface area (Å²) in [7, 11) is 1.66. The summed E-state index contributed by atoms with van der Waals surface area (Å²) in [4.78, 5) is 16.7. The minimum atomic E-state index is -0.0977. The third kappa shape index (κ3) is 3.00. The third-order valence-electron chi connectivity index (χ3n) is 4.60. The van der Waals surface area contributed by atoms with Crippen molar-refractivity contribution in [1.29, 1.82) is 0 Å². The molecule has 5 nitrogen and oxygen atoms in total. The van der Waals surface area contributed by atoms with Gasteiger partial charge in [0.2, 0.25) is 0 Å². The maximum Gasteiger partial charge on any atom is 0.282 e. The van der Waals surface area contributed by atoms with Gasteiger partial charge in [0.05, 0.1) is 11.9 Å². The van der Waals surface area contributed by atoms with E-state index in [1.54, 1.807) is 13.2 Å². The monoisotopic (exact) mass is 376 g/mol. The predicted octanol–water partition coefficient (Wildman–Crippen LogP) is 2.49. The summed E-state index contributed by atoms with van der Waals surface area (Å²) < 4.78 is 1.94. The Labute approximate surface area is 144 Å². The number of nitrogens with zero attached hydrogens (tertiary/aromatic N) is 4. The molecule has 1 fully saturated rings. The first-order chi connectivity index (χ1) is 11.0. The third-order valence-corrected chi connectivity index (χ3v) is 5.34. The summed E-state index contributed by atoms with van der Waals surface area (Å²) in [5, 5.41) is 4.14. The van der Waals surface area contributed by atoms with Crippen molar-refractivity contribution in [1.82, 2.24) is 9.78 Å². The van der Waals surface area contributed by atoms with E-state index in [2.05, 4.69) is 62.9 Å². The lowest BCUT2D eigenvalue weighted by molar-refractivity contribution is 0.639. The van der Waals surface area contributed by atoms with Crippen molar-refractivity contribution in [2.75, 3.05) is 36.0 Å². The molecule has 0 atom stereocenters. The van der Waals surface area contributed by atoms with Crippen molar-refractivity contribution in [3.63, 3.8) is 0 Å². The van der Waals surface area contributed by atoms with Gasteiger partial charge in [0.25, 0.3) is 5.56 Å². The van der Waals surface area contributed by atoms with Gasteiger partial charge >= 0.3 is 0 Å². The molecule has 0 spiro atoms. The molecule has 1 aliphatic rings. The molecule has 1 aromatic carbocycles. The average Bonchev–Trinajstić information content (AvgIpc) is 2.56. The Hall–Kier alpha value is -1.82. The lowest BCUT2D eigenvalue weighted by atomic mass is 10.1. The molecule has 23 heavy (non-hydrogen) atoms. The molecule has 0 radical (unpaired) electrons. The van der Waals surface area contributed by atoms with Crippen LogP contribution in [0, 0.1) is 13.8 Å². The number of rotatable bonds is 2. The van der Waals surface area contributed by atoms with Gasteiger partial charge in [-0.1, -0.05) is 12.1 Å². The standard InChI is InChI=1S/C17H21BrN4O/c1-12-5-4-6-14(13(12)2)21-7-9-22(10-8-21)15-11-19-20(3)17(23)16(15)18/h4-6,11H,7-10H2,1-3H3. The van der Waals surface area contributed by atoms with E-state index in [4.69, 9.17) is 0 Å². The summed E-state index contributed by atoms with van der Waals surface area (Å²) >= 11 is 3.42. The first-order valence-electron chi connectivity index (χ1n) is 7.77. The number of aromatic nitrogens is 2. The van der Waals surface area contributed by atoms with Crippen LogP contribution < -0.4 is 15.4 Å². The molecule has 0 unspecified atom stereocenters. The number of hydrogen-bond acceptors (Lipinski definition) is 4. The molecule has 122 valence electrons. The van der Waals surface area contributed by atoms with Gasteiger partial charge in [-0.25, -0.2) is 4.68 Å². The highest BCUT2D eigenvalue weighted by molar-refractivity contribution is 9.10. The van der Waals surface area contributed by atoms with E-state index in [9.17, 15) is 4.79 Å². The highest BCUT2D eigenvalue weighted by Crippen LogP contribution is 2.27. The molecule has 1 saturated heterocycles. The zero-order valence-corrected chi connectivity index (χ0v) is 15.3. The highest BCUT2D eigenvalue weighted by Gasteiger charge is 2.21. The Morgan fingerprint density at radius 3 is 2.30 bits per heavy atom. The molecule has 6 heteroatoms. The molecule has 0 bridgehead atoms. The Balaban J connectivity index is 1.78. The van der Waals surface area contributed by atoms with Crippen LogP contribution in [0.5, 0.6) is 0 Å². The summed E-state index contributed by atoms with van der Waals surface area (Å²) in [5.41, 5.74) is 4.76. The SMILES string of the molecule is Cc1cccc(N2CCN(c3cnn(C)c(=O)c3Br)CC2)c1C. The molecule has 2 heterocycles. The zero-order valence-electron chi connectivity index (χ0n) is 13.7. The van der Waals surface area contributed by atoms with E-state index in [0.717, 1.165) is 31.9 Å². The molecule has 1 aliphatic heterocycles. The molecular weight excluding hydrogens is 356 g/mol. The Bertz CT molecular complexity index is 779. The second-order valence-corrected chi connectivity index (χ2v) is 6.76. The molecule has 3 rings (SSSR count). The van der Waals surface area contributed by atoms with E-state index in [1.165, 1.54) is 21.5 Å². The van der Waals surface area contributed by atoms with Gasteiger partial charge < -0.3 is 9.80 Å². The van der Waals surface area contributed by atoms with Crippen molar-refractivity contribution < 1.29 is 0 Å². The summed E-state index contributed by atoms with van der Waals surface area (Å²) in [6.07, 6.45) is 1.76. The maximum atomic E-state index is 12.0. The van der Waals surface area contributed by atoms with Crippen LogP contribution in [0.3, 0.4) is 0 Å². The Morgan fingerprint density at radius 1 is 1.04 bits per heavy atom. The second-order valence-electron chi connectivity index (χ2n) is 5.97. The maximum absolute atomic E-state index is 12.0. The summed E-state index contributed by atoms with van der Waals surface area (Å²) in [6, 6.07) is 6.46. The number of piperazine rings is 1. The lowest BCUT2D eigenvalue weighted by Gasteiger charge is -2.38. The summed E-state index contributed by atoms with van der Waals surface area (Å²) in [6.45, 7) is 7.95. The molecule has 1 aromatic heterocycles. The van der Waals surface area contributed by atoms with Crippen LogP contribution in [0.15, 0.2) is 33.7 Å². The fraction of sp³-hybridized carbons (Fsp3) is 0.412. The lowest BCUT2D eigenvalue weighted by Crippen LogP contribution is -2.47. The van der Waals surface area contributed by atoms with Crippen molar-refractivity contribution in [3.05, 3.63) is 50.3 Å². The topological polar surface area (TPSA) is 41.4 Å². The number of anilines is 2. The smallest absolute Gasteiger partial charge is 0.282 e. The van der Waals surface area contributed by atoms with Gasteiger partial charge in [-0.2, -0.15) is 5.10 Å². The van der Waals surface area contributed by atoms with Crippen LogP contribution in [0.1, 0.15) is 11.1 Å². The van der Waals surface area contributed by atoms with Crippen LogP contribution in [0.2, 0.25) is 0 Å². The van der Waals surface area contributed by atoms with E-state index < -0.39 is 0 Å². The minimum Gasteiger partial charge on any atom is -0.368 e. The predicted molar refractivity (Wildman–Crippen MR) is 97.5 cm³/mol. The Kier molecular flexibility index (Phi) is 4.43. The van der Waals surface area contributed by atoms with Crippen LogP contribution >= 0.6 is 15.9 Å². The molecule has 0 saturated carbocycles. The number of benzene rings is 1. The van der Waals surface area contributed by atoms with Crippen molar-refractivity contribution in [3.8, 4) is 0 Å². The van der Waals surface area contributed by atoms with E-state index >= 15 is 0 Å². The molecule has 0 N–H and O–H groups in total. The van der Waals surface area contributed by atoms with Gasteiger partial charge in [-0.15, -0.1) is 0 Å². The van der Waals surface area contributed by atoms with E-state index in [-0.39, 0.29) is 5.56 Å². The van der Waals surface area contributed by atoms with Crippen LogP contribution in [-0.4, -0.2) is 36.0 Å². The average molecular weight is 377 g/mol. The largest absolute Gasteiger partial charge is 0.368 e. The van der Waals surface area contributed by atoms with E-state index in [1.807, 2.05) is 0 Å². The normalized spacial score (nSPS) is 15.1. The number of aryl methyl sites for hydroxylation is 2. The van der Waals surface area contributed by atoms with Crippen molar-refractivity contribution in [2.45, 2.75) is 13.8 Å². The molecule has 0 amide bonds. The van der Waals surface area contributed by atoms with Gasteiger partial charge in [-0.3, -0.25) is 4.79 Å². The fourth-order valence-electron chi connectivity index (χ4n) is 2.99. The number of halogens is 1. The van der Waals surface area contributed by atoms with E-state index in [0.29, 0.717) is 4.47 Å². The van der Waals surface area contributed by atoms with Crippen molar-refractivity contribution >= 4 is 27.3 Å². The molecule has 2 aromatic rings. The highest BCUT2D eigenvalue weighted by atomic mass is 79.9. The van der Waals surface area contributed by atoms with Crippen molar-refractivity contribution in [2.24, 2.45) is 7.05 Å². The minimum absolute atomic E-state index is 0.0977. The van der Waals surface area contributed by atoms with Crippen LogP contribution in [0.25, 0.3) is 0 Å². The molecule has 0 aliphatic carbocycles. The van der Waals surface area contributed by atoms with Gasteiger partial charge in [0.1, 0.15) is 4.47 Å². The van der Waals surface area contributed by atoms with Crippen LogP contribution in [-0.2, 0) is 7.05 Å². The van der Waals surface area contributed by atoms with Crippen LogP contribution in [0.4, 0.5) is 11.4 Å². The number of hydrogen-bond donors (Lipinski definition) is 0. The van der Waals surface area contributed by atoms with Gasteiger partial charge in [0, 0.05) is 38.9 Å². The quantitative estimate of drug-likeness (QED) is 0.807. The fourth-order valence-corrected chi connectivity index (χ4v) is 3.60. The molecular formula is C17H21BrN4O. The first kappa shape index (κ1) is 16.1. The first-order valence-corrected chi connectivity index (χ1v) is 8.56. The van der Waals surface area contributed by atoms with Gasteiger partial charge in [0.15, 0.2) is 0 Å². The summed E-state index contributed by atoms with van der Waals surface area (Å²) in [5.74, 6) is 0. The van der Waals surface area contributed by atoms with Gasteiger partial charge in [-0.05, 0) is 47.0 Å².